The van der Waals surface area contributed by atoms with E-state index in [1.807, 2.05) is 50.2 Å². The lowest BCUT2D eigenvalue weighted by Gasteiger charge is -2.33. The van der Waals surface area contributed by atoms with Crippen LogP contribution < -0.4 is 15.0 Å². The zero-order chi connectivity index (χ0) is 17.3. The van der Waals surface area contributed by atoms with Crippen LogP contribution in [-0.4, -0.2) is 24.5 Å². The Labute approximate surface area is 141 Å². The van der Waals surface area contributed by atoms with E-state index in [4.69, 9.17) is 4.74 Å². The van der Waals surface area contributed by atoms with Gasteiger partial charge in [0.15, 0.2) is 6.10 Å². The van der Waals surface area contributed by atoms with Crippen LogP contribution in [0.3, 0.4) is 0 Å². The van der Waals surface area contributed by atoms with Gasteiger partial charge in [0.2, 0.25) is 5.91 Å². The average molecular weight is 324 g/mol. The van der Waals surface area contributed by atoms with Crippen molar-refractivity contribution in [3.63, 3.8) is 0 Å². The number of carbonyl (C=O) groups is 2. The molecule has 0 saturated heterocycles. The molecule has 1 atom stereocenters. The smallest absolute Gasteiger partial charge is 0.267 e. The van der Waals surface area contributed by atoms with Crippen LogP contribution in [0.2, 0.25) is 0 Å². The number of para-hydroxylation sites is 2. The fourth-order valence-electron chi connectivity index (χ4n) is 2.77. The number of aryl methyl sites for hydroxylation is 1. The molecular weight excluding hydrogens is 304 g/mol. The summed E-state index contributed by atoms with van der Waals surface area (Å²) >= 11 is 0. The molecule has 0 spiro atoms. The number of hydrogen-bond donors (Lipinski definition) is 1. The van der Waals surface area contributed by atoms with Crippen LogP contribution in [0.4, 0.5) is 11.4 Å². The van der Waals surface area contributed by atoms with Gasteiger partial charge in [-0.1, -0.05) is 24.3 Å². The Hall–Kier alpha value is -2.82. The Morgan fingerprint density at radius 3 is 2.62 bits per heavy atom. The first-order valence-corrected chi connectivity index (χ1v) is 7.88. The van der Waals surface area contributed by atoms with Gasteiger partial charge < -0.3 is 15.0 Å². The van der Waals surface area contributed by atoms with Crippen molar-refractivity contribution in [1.82, 2.24) is 0 Å². The maximum absolute atomic E-state index is 12.6. The number of ether oxygens (including phenoxy) is 1. The lowest BCUT2D eigenvalue weighted by molar-refractivity contribution is -0.123. The first-order chi connectivity index (χ1) is 11.5. The van der Waals surface area contributed by atoms with Crippen LogP contribution >= 0.6 is 0 Å². The predicted octanol–water partition coefficient (Wildman–Crippen LogP) is 3.06. The van der Waals surface area contributed by atoms with E-state index in [0.717, 1.165) is 16.8 Å². The van der Waals surface area contributed by atoms with Crippen molar-refractivity contribution in [3.05, 3.63) is 53.6 Å². The summed E-state index contributed by atoms with van der Waals surface area (Å²) in [5, 5.41) is 2.91. The molecule has 1 N–H and O–H groups in total. The largest absolute Gasteiger partial charge is 0.476 e. The number of amides is 2. The minimum atomic E-state index is -0.747. The first-order valence-electron chi connectivity index (χ1n) is 7.88. The fourth-order valence-corrected chi connectivity index (χ4v) is 2.77. The van der Waals surface area contributed by atoms with Gasteiger partial charge in [-0.05, 0) is 43.2 Å². The van der Waals surface area contributed by atoms with Crippen LogP contribution in [0.5, 0.6) is 5.75 Å². The maximum atomic E-state index is 12.6. The monoisotopic (exact) mass is 324 g/mol. The summed E-state index contributed by atoms with van der Waals surface area (Å²) in [5.74, 6) is 0.166. The Bertz CT molecular complexity index is 801. The highest BCUT2D eigenvalue weighted by Crippen LogP contribution is 2.33. The Morgan fingerprint density at radius 2 is 1.88 bits per heavy atom. The van der Waals surface area contributed by atoms with E-state index in [9.17, 15) is 9.59 Å². The molecule has 5 heteroatoms. The molecule has 1 aliphatic rings. The van der Waals surface area contributed by atoms with Gasteiger partial charge in [0.25, 0.3) is 5.91 Å². The molecule has 5 nitrogen and oxygen atoms in total. The number of rotatable bonds is 2. The molecule has 0 fully saturated rings. The highest BCUT2D eigenvalue weighted by Gasteiger charge is 2.32. The Balaban J connectivity index is 1.84. The molecule has 0 aromatic heterocycles. The predicted molar refractivity (Wildman–Crippen MR) is 93.4 cm³/mol. The van der Waals surface area contributed by atoms with Crippen LogP contribution in [0.1, 0.15) is 18.1 Å². The van der Waals surface area contributed by atoms with E-state index < -0.39 is 6.10 Å². The zero-order valence-electron chi connectivity index (χ0n) is 14.0. The second-order valence-corrected chi connectivity index (χ2v) is 5.94. The summed E-state index contributed by atoms with van der Waals surface area (Å²) in [6, 6.07) is 13.0. The van der Waals surface area contributed by atoms with E-state index in [0.29, 0.717) is 11.4 Å². The summed E-state index contributed by atoms with van der Waals surface area (Å²) in [4.78, 5) is 26.1. The molecular formula is C19H20N2O3. The van der Waals surface area contributed by atoms with Gasteiger partial charge in [-0.3, -0.25) is 9.59 Å². The summed E-state index contributed by atoms with van der Waals surface area (Å²) in [6.45, 7) is 5.64. The number of fused-ring (bicyclic) bond motifs is 1. The number of carbonyl (C=O) groups excluding carboxylic acids is 2. The van der Waals surface area contributed by atoms with Crippen LogP contribution in [0.25, 0.3) is 0 Å². The molecule has 2 aromatic rings. The third kappa shape index (κ3) is 2.97. The van der Waals surface area contributed by atoms with Crippen LogP contribution in [-0.2, 0) is 9.59 Å². The second-order valence-electron chi connectivity index (χ2n) is 5.94. The summed E-state index contributed by atoms with van der Waals surface area (Å²) < 4.78 is 5.81. The average Bonchev–Trinajstić information content (AvgIpc) is 2.57. The molecule has 0 unspecified atom stereocenters. The van der Waals surface area contributed by atoms with Crippen molar-refractivity contribution < 1.29 is 14.3 Å². The Morgan fingerprint density at radius 1 is 1.12 bits per heavy atom. The van der Waals surface area contributed by atoms with Gasteiger partial charge in [-0.15, -0.1) is 0 Å². The van der Waals surface area contributed by atoms with Crippen molar-refractivity contribution in [2.24, 2.45) is 0 Å². The van der Waals surface area contributed by atoms with E-state index in [1.54, 1.807) is 11.0 Å². The molecule has 124 valence electrons. The molecule has 2 aromatic carbocycles. The zero-order valence-corrected chi connectivity index (χ0v) is 14.0. The molecule has 1 aliphatic heterocycles. The molecule has 0 saturated carbocycles. The van der Waals surface area contributed by atoms with Gasteiger partial charge in [0, 0.05) is 12.6 Å². The van der Waals surface area contributed by atoms with Crippen molar-refractivity contribution in [2.45, 2.75) is 26.9 Å². The number of nitrogens with zero attached hydrogens (tertiary/aromatic N) is 1. The SMILES string of the molecule is CC(=O)N1C[C@@H](C(=O)Nc2cccc(C)c2C)Oc2ccccc21. The minimum absolute atomic E-state index is 0.115. The summed E-state index contributed by atoms with van der Waals surface area (Å²) in [6.07, 6.45) is -0.747. The van der Waals surface area contributed by atoms with Crippen LogP contribution in [0, 0.1) is 13.8 Å². The minimum Gasteiger partial charge on any atom is -0.476 e. The highest BCUT2D eigenvalue weighted by atomic mass is 16.5. The molecule has 0 aliphatic carbocycles. The quantitative estimate of drug-likeness (QED) is 0.923. The molecule has 24 heavy (non-hydrogen) atoms. The molecule has 3 rings (SSSR count). The standard InChI is InChI=1S/C19H20N2O3/c1-12-7-6-8-15(13(12)2)20-19(23)18-11-21(14(3)22)16-9-4-5-10-17(16)24-18/h4-10,18H,11H2,1-3H3,(H,20,23)/t18-/m0/s1. The van der Waals surface area contributed by atoms with Gasteiger partial charge in [-0.2, -0.15) is 0 Å². The molecule has 1 heterocycles. The second kappa shape index (κ2) is 6.35. The van der Waals surface area contributed by atoms with E-state index in [1.165, 1.54) is 6.92 Å². The van der Waals surface area contributed by atoms with Crippen molar-refractivity contribution in [3.8, 4) is 5.75 Å². The number of anilines is 2. The van der Waals surface area contributed by atoms with Crippen LogP contribution in [0.15, 0.2) is 42.5 Å². The van der Waals surface area contributed by atoms with E-state index in [-0.39, 0.29) is 18.4 Å². The number of hydrogen-bond acceptors (Lipinski definition) is 3. The lowest BCUT2D eigenvalue weighted by atomic mass is 10.1. The summed E-state index contributed by atoms with van der Waals surface area (Å²) in [7, 11) is 0. The summed E-state index contributed by atoms with van der Waals surface area (Å²) in [5.41, 5.74) is 3.58. The maximum Gasteiger partial charge on any atom is 0.267 e. The number of nitrogens with one attached hydrogen (secondary N) is 1. The third-order valence-electron chi connectivity index (χ3n) is 4.31. The van der Waals surface area contributed by atoms with Gasteiger partial charge in [-0.25, -0.2) is 0 Å². The molecule has 0 bridgehead atoms. The lowest BCUT2D eigenvalue weighted by Crippen LogP contribution is -2.48. The topological polar surface area (TPSA) is 58.6 Å². The Kier molecular flexibility index (Phi) is 4.25. The van der Waals surface area contributed by atoms with E-state index in [2.05, 4.69) is 5.32 Å². The van der Waals surface area contributed by atoms with E-state index >= 15 is 0 Å². The van der Waals surface area contributed by atoms with Crippen molar-refractivity contribution >= 4 is 23.2 Å². The third-order valence-corrected chi connectivity index (χ3v) is 4.31. The van der Waals surface area contributed by atoms with Gasteiger partial charge >= 0.3 is 0 Å². The first kappa shape index (κ1) is 16.1. The van der Waals surface area contributed by atoms with Gasteiger partial charge in [0.1, 0.15) is 5.75 Å². The van der Waals surface area contributed by atoms with Crippen molar-refractivity contribution in [2.75, 3.05) is 16.8 Å². The van der Waals surface area contributed by atoms with Gasteiger partial charge in [0.05, 0.1) is 12.2 Å². The number of benzene rings is 2. The normalized spacial score (nSPS) is 16.1. The van der Waals surface area contributed by atoms with Crippen molar-refractivity contribution in [1.29, 1.82) is 0 Å². The molecule has 0 radical (unpaired) electrons. The molecule has 2 amide bonds. The highest BCUT2D eigenvalue weighted by molar-refractivity contribution is 5.99. The fraction of sp³-hybridized carbons (Fsp3) is 0.263.